The topological polar surface area (TPSA) is 57.8 Å². The van der Waals surface area contributed by atoms with Gasteiger partial charge < -0.3 is 10.0 Å². The predicted molar refractivity (Wildman–Crippen MR) is 121 cm³/mol. The summed E-state index contributed by atoms with van der Waals surface area (Å²) in [5.74, 6) is -0.158. The SMILES string of the molecule is CCN(CC)CCCN=Cc1c(O)n(-c2ccccc2Cl)c(=O)c2ccccc12. The lowest BCUT2D eigenvalue weighted by Crippen LogP contribution is -2.24. The van der Waals surface area contributed by atoms with E-state index in [9.17, 15) is 9.90 Å². The Bertz CT molecular complexity index is 1070. The van der Waals surface area contributed by atoms with E-state index in [1.165, 1.54) is 4.57 Å². The zero-order valence-electron chi connectivity index (χ0n) is 16.8. The average Bonchev–Trinajstić information content (AvgIpc) is 2.74. The molecule has 3 rings (SSSR count). The van der Waals surface area contributed by atoms with Gasteiger partial charge in [-0.25, -0.2) is 4.57 Å². The molecule has 0 spiro atoms. The van der Waals surface area contributed by atoms with Crippen molar-refractivity contribution in [3.05, 3.63) is 69.5 Å². The van der Waals surface area contributed by atoms with E-state index in [1.54, 1.807) is 36.5 Å². The molecule has 0 aliphatic heterocycles. The monoisotopic (exact) mass is 411 g/mol. The summed E-state index contributed by atoms with van der Waals surface area (Å²) in [5, 5.41) is 12.5. The lowest BCUT2D eigenvalue weighted by molar-refractivity contribution is 0.302. The third kappa shape index (κ3) is 4.52. The van der Waals surface area contributed by atoms with Crippen molar-refractivity contribution in [3.8, 4) is 11.6 Å². The van der Waals surface area contributed by atoms with E-state index in [2.05, 4.69) is 23.7 Å². The minimum Gasteiger partial charge on any atom is -0.494 e. The van der Waals surface area contributed by atoms with Crippen molar-refractivity contribution in [2.75, 3.05) is 26.2 Å². The minimum atomic E-state index is -0.315. The number of nitrogens with zero attached hydrogens (tertiary/aromatic N) is 3. The number of rotatable bonds is 8. The van der Waals surface area contributed by atoms with E-state index in [-0.39, 0.29) is 11.4 Å². The summed E-state index contributed by atoms with van der Waals surface area (Å²) in [6.07, 6.45) is 2.59. The van der Waals surface area contributed by atoms with Gasteiger partial charge in [0.05, 0.1) is 16.3 Å². The number of para-hydroxylation sites is 1. The Labute approximate surface area is 175 Å². The van der Waals surface area contributed by atoms with Gasteiger partial charge in [-0.2, -0.15) is 0 Å². The van der Waals surface area contributed by atoms with Crippen LogP contribution in [0.3, 0.4) is 0 Å². The molecule has 6 heteroatoms. The van der Waals surface area contributed by atoms with Gasteiger partial charge in [-0.15, -0.1) is 0 Å². The second kappa shape index (κ2) is 9.72. The summed E-state index contributed by atoms with van der Waals surface area (Å²) < 4.78 is 1.25. The average molecular weight is 412 g/mol. The third-order valence-electron chi connectivity index (χ3n) is 5.07. The van der Waals surface area contributed by atoms with Gasteiger partial charge in [-0.3, -0.25) is 9.79 Å². The molecular formula is C23H26ClN3O2. The van der Waals surface area contributed by atoms with Crippen LogP contribution in [-0.2, 0) is 0 Å². The van der Waals surface area contributed by atoms with Crippen molar-refractivity contribution < 1.29 is 5.11 Å². The zero-order valence-corrected chi connectivity index (χ0v) is 17.6. The maximum atomic E-state index is 13.1. The molecule has 29 heavy (non-hydrogen) atoms. The van der Waals surface area contributed by atoms with Crippen LogP contribution >= 0.6 is 11.6 Å². The van der Waals surface area contributed by atoms with Gasteiger partial charge in [0.2, 0.25) is 5.88 Å². The van der Waals surface area contributed by atoms with Crippen LogP contribution in [0.4, 0.5) is 0 Å². The number of pyridine rings is 1. The summed E-state index contributed by atoms with van der Waals surface area (Å²) >= 11 is 6.30. The Hall–Kier alpha value is -2.63. The first-order valence-corrected chi connectivity index (χ1v) is 10.3. The highest BCUT2D eigenvalue weighted by atomic mass is 35.5. The van der Waals surface area contributed by atoms with Gasteiger partial charge in [-0.1, -0.05) is 55.8 Å². The number of benzene rings is 2. The standard InChI is InChI=1S/C23H26ClN3O2/c1-3-26(4-2)15-9-14-25-16-19-17-10-5-6-11-18(17)22(28)27(23(19)29)21-13-8-7-12-20(21)24/h5-8,10-13,16,29H,3-4,9,14-15H2,1-2H3. The number of fused-ring (bicyclic) bond motifs is 1. The van der Waals surface area contributed by atoms with Gasteiger partial charge in [0.1, 0.15) is 0 Å². The number of aromatic nitrogens is 1. The van der Waals surface area contributed by atoms with Crippen molar-refractivity contribution in [1.29, 1.82) is 0 Å². The molecule has 1 heterocycles. The highest BCUT2D eigenvalue weighted by Crippen LogP contribution is 2.28. The fourth-order valence-corrected chi connectivity index (χ4v) is 3.65. The minimum absolute atomic E-state index is 0.158. The lowest BCUT2D eigenvalue weighted by atomic mass is 10.1. The van der Waals surface area contributed by atoms with Crippen molar-refractivity contribution in [2.45, 2.75) is 20.3 Å². The molecule has 0 aliphatic rings. The Kier molecular flexibility index (Phi) is 7.07. The number of hydrogen-bond acceptors (Lipinski definition) is 4. The molecule has 152 valence electrons. The smallest absolute Gasteiger partial charge is 0.265 e. The summed E-state index contributed by atoms with van der Waals surface area (Å²) in [6, 6.07) is 14.2. The van der Waals surface area contributed by atoms with Gasteiger partial charge in [0.15, 0.2) is 0 Å². The predicted octanol–water partition coefficient (Wildman–Crippen LogP) is 4.50. The van der Waals surface area contributed by atoms with E-state index >= 15 is 0 Å². The Morgan fingerprint density at radius 3 is 2.41 bits per heavy atom. The van der Waals surface area contributed by atoms with E-state index < -0.39 is 0 Å². The van der Waals surface area contributed by atoms with Gasteiger partial charge >= 0.3 is 0 Å². The normalized spacial score (nSPS) is 11.7. The van der Waals surface area contributed by atoms with Gasteiger partial charge in [-0.05, 0) is 44.3 Å². The Morgan fingerprint density at radius 2 is 1.72 bits per heavy atom. The molecule has 0 amide bonds. The third-order valence-corrected chi connectivity index (χ3v) is 5.39. The molecule has 0 saturated carbocycles. The van der Waals surface area contributed by atoms with Crippen LogP contribution in [0.25, 0.3) is 16.5 Å². The fourth-order valence-electron chi connectivity index (χ4n) is 3.43. The number of hydrogen-bond donors (Lipinski definition) is 1. The molecular weight excluding hydrogens is 386 g/mol. The van der Waals surface area contributed by atoms with Crippen molar-refractivity contribution in [2.24, 2.45) is 4.99 Å². The summed E-state index contributed by atoms with van der Waals surface area (Å²) in [4.78, 5) is 19.9. The molecule has 3 aromatic rings. The summed E-state index contributed by atoms with van der Waals surface area (Å²) in [6.45, 7) is 7.97. The molecule has 0 saturated heterocycles. The number of aromatic hydroxyl groups is 1. The number of halogens is 1. The molecule has 0 unspecified atom stereocenters. The lowest BCUT2D eigenvalue weighted by Gasteiger charge is -2.16. The molecule has 5 nitrogen and oxygen atoms in total. The quantitative estimate of drug-likeness (QED) is 0.438. The molecule has 0 atom stereocenters. The maximum Gasteiger partial charge on any atom is 0.265 e. The van der Waals surface area contributed by atoms with Crippen LogP contribution in [0.15, 0.2) is 58.3 Å². The maximum absolute atomic E-state index is 13.1. The van der Waals surface area contributed by atoms with E-state index in [4.69, 9.17) is 11.6 Å². The van der Waals surface area contributed by atoms with Crippen LogP contribution in [0.5, 0.6) is 5.88 Å². The highest BCUT2D eigenvalue weighted by molar-refractivity contribution is 6.32. The second-order valence-corrected chi connectivity index (χ2v) is 7.20. The molecule has 1 aromatic heterocycles. The second-order valence-electron chi connectivity index (χ2n) is 6.79. The van der Waals surface area contributed by atoms with Gasteiger partial charge in [0.25, 0.3) is 5.56 Å². The first-order chi connectivity index (χ1) is 14.1. The van der Waals surface area contributed by atoms with E-state index in [0.29, 0.717) is 33.6 Å². The van der Waals surface area contributed by atoms with Gasteiger partial charge in [0, 0.05) is 23.5 Å². The summed E-state index contributed by atoms with van der Waals surface area (Å²) in [5.41, 5.74) is 0.645. The molecule has 0 fully saturated rings. The van der Waals surface area contributed by atoms with Crippen molar-refractivity contribution in [1.82, 2.24) is 9.47 Å². The van der Waals surface area contributed by atoms with Crippen LogP contribution in [0, 0.1) is 0 Å². The van der Waals surface area contributed by atoms with Crippen LogP contribution in [-0.4, -0.2) is 47.0 Å². The number of aliphatic imine (C=N–C) groups is 1. The van der Waals surface area contributed by atoms with Crippen molar-refractivity contribution >= 4 is 28.6 Å². The van der Waals surface area contributed by atoms with Crippen LogP contribution in [0.1, 0.15) is 25.8 Å². The Morgan fingerprint density at radius 1 is 1.07 bits per heavy atom. The molecule has 0 radical (unpaired) electrons. The Balaban J connectivity index is 2.02. The zero-order chi connectivity index (χ0) is 20.8. The summed E-state index contributed by atoms with van der Waals surface area (Å²) in [7, 11) is 0. The van der Waals surface area contributed by atoms with Crippen LogP contribution in [0.2, 0.25) is 5.02 Å². The fraction of sp³-hybridized carbons (Fsp3) is 0.304. The van der Waals surface area contributed by atoms with E-state index in [1.807, 2.05) is 18.2 Å². The first kappa shape index (κ1) is 21.1. The molecule has 2 aromatic carbocycles. The molecule has 0 bridgehead atoms. The highest BCUT2D eigenvalue weighted by Gasteiger charge is 2.17. The van der Waals surface area contributed by atoms with Crippen molar-refractivity contribution in [3.63, 3.8) is 0 Å². The largest absolute Gasteiger partial charge is 0.494 e. The first-order valence-electron chi connectivity index (χ1n) is 9.92. The van der Waals surface area contributed by atoms with Crippen LogP contribution < -0.4 is 5.56 Å². The van der Waals surface area contributed by atoms with E-state index in [0.717, 1.165) is 26.1 Å². The molecule has 0 aliphatic carbocycles. The molecule has 1 N–H and O–H groups in total.